The maximum Gasteiger partial charge on any atom is 0.320 e. The molecule has 76 valence electrons. The van der Waals surface area contributed by atoms with Crippen molar-refractivity contribution >= 4 is 21.9 Å². The molecule has 5 heteroatoms. The standard InChI is InChI=1S/C9H10BrNO3/c10-7-4-6(12)2-1-5(7)3-8(11)9(13)14/h1-2,4,8,12H,3,11H2,(H,13,14)/t8-/m1/s1/i10-3. The molecule has 0 bridgehead atoms. The van der Waals surface area contributed by atoms with Crippen LogP contribution in [-0.4, -0.2) is 22.2 Å². The van der Waals surface area contributed by atoms with E-state index in [1.165, 1.54) is 12.1 Å². The van der Waals surface area contributed by atoms with E-state index in [-0.39, 0.29) is 12.2 Å². The van der Waals surface area contributed by atoms with Crippen molar-refractivity contribution in [1.82, 2.24) is 0 Å². The highest BCUT2D eigenvalue weighted by atomic mass is 76.9. The van der Waals surface area contributed by atoms with E-state index in [1.807, 2.05) is 0 Å². The van der Waals surface area contributed by atoms with Crippen LogP contribution in [0, 0.1) is 0 Å². The summed E-state index contributed by atoms with van der Waals surface area (Å²) in [5, 5.41) is 17.7. The van der Waals surface area contributed by atoms with E-state index in [2.05, 4.69) is 15.9 Å². The molecule has 0 amide bonds. The molecule has 0 aliphatic carbocycles. The fourth-order valence-electron chi connectivity index (χ4n) is 1.03. The molecule has 0 aliphatic heterocycles. The van der Waals surface area contributed by atoms with Gasteiger partial charge in [-0.05, 0) is 24.1 Å². The van der Waals surface area contributed by atoms with Gasteiger partial charge < -0.3 is 15.9 Å². The van der Waals surface area contributed by atoms with Gasteiger partial charge in [0.25, 0.3) is 0 Å². The lowest BCUT2D eigenvalue weighted by molar-refractivity contribution is -0.138. The van der Waals surface area contributed by atoms with Crippen LogP contribution < -0.4 is 5.73 Å². The molecule has 4 nitrogen and oxygen atoms in total. The zero-order valence-electron chi connectivity index (χ0n) is 7.27. The number of benzene rings is 1. The van der Waals surface area contributed by atoms with Crippen LogP contribution in [0.25, 0.3) is 0 Å². The van der Waals surface area contributed by atoms with Gasteiger partial charge in [-0.1, -0.05) is 22.0 Å². The number of aliphatic carboxylic acids is 1. The molecule has 1 aromatic rings. The number of halogens is 1. The molecule has 1 rings (SSSR count). The molecule has 0 spiro atoms. The summed E-state index contributed by atoms with van der Waals surface area (Å²) in [5.74, 6) is -0.908. The van der Waals surface area contributed by atoms with Crippen LogP contribution in [-0.2, 0) is 11.2 Å². The van der Waals surface area contributed by atoms with Gasteiger partial charge in [0.1, 0.15) is 11.8 Å². The van der Waals surface area contributed by atoms with Crippen LogP contribution in [0.4, 0.5) is 0 Å². The average Bonchev–Trinajstić information content (AvgIpc) is 2.09. The summed E-state index contributed by atoms with van der Waals surface area (Å²) in [4.78, 5) is 10.5. The Labute approximate surface area is 89.5 Å². The number of hydrogen-bond donors (Lipinski definition) is 3. The van der Waals surface area contributed by atoms with Gasteiger partial charge in [-0.2, -0.15) is 0 Å². The molecule has 14 heavy (non-hydrogen) atoms. The van der Waals surface area contributed by atoms with Gasteiger partial charge in [0.15, 0.2) is 0 Å². The predicted molar refractivity (Wildman–Crippen MR) is 55.1 cm³/mol. The van der Waals surface area contributed by atoms with Gasteiger partial charge >= 0.3 is 5.97 Å². The molecule has 0 fully saturated rings. The normalized spacial score (nSPS) is 12.4. The molecule has 0 radical (unpaired) electrons. The minimum absolute atomic E-state index is 0.129. The summed E-state index contributed by atoms with van der Waals surface area (Å²) in [5.41, 5.74) is 6.13. The Bertz CT molecular complexity index is 354. The van der Waals surface area contributed by atoms with Gasteiger partial charge in [-0.3, -0.25) is 4.79 Å². The van der Waals surface area contributed by atoms with Crippen molar-refractivity contribution in [3.63, 3.8) is 0 Å². The summed E-state index contributed by atoms with van der Waals surface area (Å²) in [6, 6.07) is 3.72. The van der Waals surface area contributed by atoms with Crippen molar-refractivity contribution in [2.24, 2.45) is 5.73 Å². The van der Waals surface area contributed by atoms with E-state index in [4.69, 9.17) is 15.9 Å². The van der Waals surface area contributed by atoms with Crippen LogP contribution in [0.5, 0.6) is 5.75 Å². The van der Waals surface area contributed by atoms with E-state index in [9.17, 15) is 4.79 Å². The molecular formula is C9H10BrNO3. The van der Waals surface area contributed by atoms with Gasteiger partial charge in [-0.15, -0.1) is 0 Å². The SMILES string of the molecule is N[C@H](Cc1ccc(O)cc1[77Br])C(=O)O. The van der Waals surface area contributed by atoms with Gasteiger partial charge in [0, 0.05) is 4.47 Å². The Morgan fingerprint density at radius 2 is 2.21 bits per heavy atom. The van der Waals surface area contributed by atoms with Crippen LogP contribution >= 0.6 is 15.9 Å². The smallest absolute Gasteiger partial charge is 0.320 e. The van der Waals surface area contributed by atoms with Crippen molar-refractivity contribution in [3.8, 4) is 5.75 Å². The minimum atomic E-state index is -1.04. The van der Waals surface area contributed by atoms with Gasteiger partial charge in [0.05, 0.1) is 0 Å². The number of rotatable bonds is 3. The third-order valence-electron chi connectivity index (χ3n) is 1.79. The number of aromatic hydroxyl groups is 1. The first kappa shape index (κ1) is 11.0. The highest BCUT2D eigenvalue weighted by Gasteiger charge is 2.13. The van der Waals surface area contributed by atoms with E-state index in [1.54, 1.807) is 6.07 Å². The summed E-state index contributed by atoms with van der Waals surface area (Å²) in [6.07, 6.45) is 0.232. The molecule has 0 saturated carbocycles. The predicted octanol–water partition coefficient (Wildman–Crippen LogP) is 1.11. The highest BCUT2D eigenvalue weighted by molar-refractivity contribution is 9.10. The maximum absolute atomic E-state index is 10.5. The van der Waals surface area contributed by atoms with Crippen molar-refractivity contribution in [3.05, 3.63) is 28.2 Å². The van der Waals surface area contributed by atoms with Gasteiger partial charge in [0.2, 0.25) is 0 Å². The fraction of sp³-hybridized carbons (Fsp3) is 0.222. The lowest BCUT2D eigenvalue weighted by Gasteiger charge is -2.08. The Morgan fingerprint density at radius 3 is 2.71 bits per heavy atom. The zero-order valence-corrected chi connectivity index (χ0v) is 8.86. The number of carboxylic acid groups (broad SMARTS) is 1. The molecular weight excluding hydrogens is 247 g/mol. The molecule has 4 N–H and O–H groups in total. The van der Waals surface area contributed by atoms with E-state index < -0.39 is 12.0 Å². The Kier molecular flexibility index (Phi) is 3.49. The van der Waals surface area contributed by atoms with Crippen LogP contribution in [0.15, 0.2) is 22.7 Å². The summed E-state index contributed by atoms with van der Waals surface area (Å²) in [7, 11) is 0. The quantitative estimate of drug-likeness (QED) is 0.757. The number of nitrogens with two attached hydrogens (primary N) is 1. The van der Waals surface area contributed by atoms with E-state index in [0.717, 1.165) is 5.56 Å². The Balaban J connectivity index is 2.82. The van der Waals surface area contributed by atoms with Crippen molar-refractivity contribution in [2.45, 2.75) is 12.5 Å². The molecule has 1 aromatic carbocycles. The monoisotopic (exact) mass is 257 g/mol. The lowest BCUT2D eigenvalue weighted by atomic mass is 10.1. The summed E-state index contributed by atoms with van der Waals surface area (Å²) < 4.78 is 0.661. The minimum Gasteiger partial charge on any atom is -0.508 e. The topological polar surface area (TPSA) is 83.5 Å². The third-order valence-corrected chi connectivity index (χ3v) is 2.53. The van der Waals surface area contributed by atoms with E-state index in [0.29, 0.717) is 4.47 Å². The van der Waals surface area contributed by atoms with Crippen LogP contribution in [0.2, 0.25) is 0 Å². The largest absolute Gasteiger partial charge is 0.508 e. The van der Waals surface area contributed by atoms with Gasteiger partial charge in [-0.25, -0.2) is 0 Å². The average molecular weight is 257 g/mol. The van der Waals surface area contributed by atoms with Crippen LogP contribution in [0.3, 0.4) is 0 Å². The third kappa shape index (κ3) is 2.71. The molecule has 1 atom stereocenters. The van der Waals surface area contributed by atoms with Crippen molar-refractivity contribution in [1.29, 1.82) is 0 Å². The Morgan fingerprint density at radius 1 is 1.57 bits per heavy atom. The number of carboxylic acids is 1. The highest BCUT2D eigenvalue weighted by Crippen LogP contribution is 2.22. The number of phenols is 1. The molecule has 0 aromatic heterocycles. The van der Waals surface area contributed by atoms with E-state index >= 15 is 0 Å². The first-order valence-corrected chi connectivity index (χ1v) is 4.76. The van der Waals surface area contributed by atoms with Crippen molar-refractivity contribution < 1.29 is 15.0 Å². The molecule has 0 saturated heterocycles. The maximum atomic E-state index is 10.5. The number of phenolic OH excluding ortho intramolecular Hbond substituents is 1. The zero-order chi connectivity index (χ0) is 10.7. The lowest BCUT2D eigenvalue weighted by Crippen LogP contribution is -2.32. The first-order valence-electron chi connectivity index (χ1n) is 3.96. The molecule has 0 heterocycles. The molecule has 0 unspecified atom stereocenters. The molecule has 0 aliphatic rings. The first-order chi connectivity index (χ1) is 6.50. The Hall–Kier alpha value is -1.07. The fourth-order valence-corrected chi connectivity index (χ4v) is 1.55. The summed E-state index contributed by atoms with van der Waals surface area (Å²) in [6.45, 7) is 0. The van der Waals surface area contributed by atoms with Crippen LogP contribution in [0.1, 0.15) is 5.56 Å². The second kappa shape index (κ2) is 4.43. The summed E-state index contributed by atoms with van der Waals surface area (Å²) >= 11 is 3.22. The number of hydrogen-bond acceptors (Lipinski definition) is 3. The second-order valence-electron chi connectivity index (χ2n) is 2.92. The second-order valence-corrected chi connectivity index (χ2v) is 3.78. The van der Waals surface area contributed by atoms with Crippen molar-refractivity contribution in [2.75, 3.05) is 0 Å². The number of carbonyl (C=O) groups is 1.